The van der Waals surface area contributed by atoms with Gasteiger partial charge < -0.3 is 9.47 Å². The molecule has 0 unspecified atom stereocenters. The van der Waals surface area contributed by atoms with Gasteiger partial charge in [-0.05, 0) is 38.0 Å². The minimum absolute atomic E-state index is 0.00415. The normalized spacial score (nSPS) is 16.5. The highest BCUT2D eigenvalue weighted by atomic mass is 32.2. The highest BCUT2D eigenvalue weighted by Crippen LogP contribution is 2.21. The molecular formula is C18H24N2O7S. The van der Waals surface area contributed by atoms with Crippen LogP contribution < -0.4 is 5.32 Å². The number of imide groups is 1. The summed E-state index contributed by atoms with van der Waals surface area (Å²) in [4.78, 5) is 35.1. The maximum Gasteiger partial charge on any atom is 0.413 e. The summed E-state index contributed by atoms with van der Waals surface area (Å²) in [6, 6.07) is 5.49. The Morgan fingerprint density at radius 1 is 1.11 bits per heavy atom. The van der Waals surface area contributed by atoms with Gasteiger partial charge in [-0.15, -0.1) is 0 Å². The lowest BCUT2D eigenvalue weighted by atomic mass is 10.2. The number of amides is 2. The van der Waals surface area contributed by atoms with Gasteiger partial charge in [-0.25, -0.2) is 18.0 Å². The Morgan fingerprint density at radius 2 is 1.75 bits per heavy atom. The van der Waals surface area contributed by atoms with Crippen LogP contribution in [0.4, 0.5) is 4.79 Å². The quantitative estimate of drug-likeness (QED) is 0.731. The molecule has 28 heavy (non-hydrogen) atoms. The van der Waals surface area contributed by atoms with Crippen molar-refractivity contribution in [3.8, 4) is 0 Å². The van der Waals surface area contributed by atoms with E-state index in [0.29, 0.717) is 13.1 Å². The van der Waals surface area contributed by atoms with Crippen LogP contribution in [0.1, 0.15) is 43.0 Å². The number of esters is 1. The SMILES string of the molecule is COC(=O)NC(=O)[C@@H](C)OC(=O)c1cccc(S(=O)(=O)N2CCCCCC2)c1. The molecule has 1 aliphatic rings. The topological polar surface area (TPSA) is 119 Å². The van der Waals surface area contributed by atoms with Crippen molar-refractivity contribution in [2.45, 2.75) is 43.6 Å². The Balaban J connectivity index is 2.12. The van der Waals surface area contributed by atoms with Crippen LogP contribution in [-0.4, -0.2) is 57.0 Å². The van der Waals surface area contributed by atoms with Gasteiger partial charge in [0.25, 0.3) is 5.91 Å². The molecule has 9 nitrogen and oxygen atoms in total. The fourth-order valence-electron chi connectivity index (χ4n) is 2.75. The predicted molar refractivity (Wildman–Crippen MR) is 99.1 cm³/mol. The van der Waals surface area contributed by atoms with E-state index in [4.69, 9.17) is 4.74 Å². The van der Waals surface area contributed by atoms with Gasteiger partial charge in [-0.3, -0.25) is 10.1 Å². The van der Waals surface area contributed by atoms with Crippen molar-refractivity contribution in [1.82, 2.24) is 9.62 Å². The first-order chi connectivity index (χ1) is 13.3. The molecule has 10 heteroatoms. The van der Waals surface area contributed by atoms with E-state index in [0.717, 1.165) is 32.8 Å². The Kier molecular flexibility index (Phi) is 7.53. The molecule has 1 aromatic rings. The van der Waals surface area contributed by atoms with Crippen LogP contribution in [0, 0.1) is 0 Å². The van der Waals surface area contributed by atoms with Gasteiger partial charge in [0, 0.05) is 13.1 Å². The second kappa shape index (κ2) is 9.65. The first-order valence-corrected chi connectivity index (χ1v) is 10.4. The van der Waals surface area contributed by atoms with Crippen LogP contribution in [0.5, 0.6) is 0 Å². The average Bonchev–Trinajstić information content (AvgIpc) is 2.97. The molecule has 1 heterocycles. The van der Waals surface area contributed by atoms with Crippen LogP contribution in [-0.2, 0) is 24.3 Å². The predicted octanol–water partition coefficient (Wildman–Crippen LogP) is 1.68. The van der Waals surface area contributed by atoms with Crippen LogP contribution in [0.25, 0.3) is 0 Å². The van der Waals surface area contributed by atoms with Gasteiger partial charge in [0.1, 0.15) is 0 Å². The third kappa shape index (κ3) is 5.52. The molecule has 1 fully saturated rings. The maximum atomic E-state index is 12.9. The summed E-state index contributed by atoms with van der Waals surface area (Å²) in [5.41, 5.74) is -0.00591. The van der Waals surface area contributed by atoms with Gasteiger partial charge in [0.2, 0.25) is 10.0 Å². The van der Waals surface area contributed by atoms with E-state index >= 15 is 0 Å². The number of hydrogen-bond acceptors (Lipinski definition) is 7. The zero-order chi connectivity index (χ0) is 20.7. The van der Waals surface area contributed by atoms with E-state index in [1.807, 2.05) is 5.32 Å². The van der Waals surface area contributed by atoms with E-state index in [-0.39, 0.29) is 10.5 Å². The fourth-order valence-corrected chi connectivity index (χ4v) is 4.31. The molecule has 1 aromatic carbocycles. The van der Waals surface area contributed by atoms with E-state index < -0.39 is 34.1 Å². The van der Waals surface area contributed by atoms with Gasteiger partial charge in [0.15, 0.2) is 6.10 Å². The number of hydrogen-bond donors (Lipinski definition) is 1. The smallest absolute Gasteiger partial charge is 0.413 e. The molecule has 1 saturated heterocycles. The Labute approximate surface area is 164 Å². The summed E-state index contributed by atoms with van der Waals surface area (Å²) >= 11 is 0. The molecule has 154 valence electrons. The van der Waals surface area contributed by atoms with Crippen LogP contribution >= 0.6 is 0 Å². The second-order valence-corrected chi connectivity index (χ2v) is 8.31. The summed E-state index contributed by atoms with van der Waals surface area (Å²) in [6.07, 6.45) is 1.34. The van der Waals surface area contributed by atoms with Gasteiger partial charge >= 0.3 is 12.1 Å². The van der Waals surface area contributed by atoms with Crippen molar-refractivity contribution in [1.29, 1.82) is 0 Å². The van der Waals surface area contributed by atoms with Crippen molar-refractivity contribution >= 4 is 28.0 Å². The molecule has 0 aromatic heterocycles. The van der Waals surface area contributed by atoms with Crippen LogP contribution in [0.15, 0.2) is 29.2 Å². The first-order valence-electron chi connectivity index (χ1n) is 8.95. The zero-order valence-corrected chi connectivity index (χ0v) is 16.7. The highest BCUT2D eigenvalue weighted by Gasteiger charge is 2.27. The van der Waals surface area contributed by atoms with Crippen molar-refractivity contribution in [2.75, 3.05) is 20.2 Å². The number of nitrogens with zero attached hydrogens (tertiary/aromatic N) is 1. The molecule has 0 aliphatic carbocycles. The number of benzene rings is 1. The van der Waals surface area contributed by atoms with Crippen molar-refractivity contribution in [3.05, 3.63) is 29.8 Å². The maximum absolute atomic E-state index is 12.9. The summed E-state index contributed by atoms with van der Waals surface area (Å²) in [7, 11) is -2.63. The van der Waals surface area contributed by atoms with Gasteiger partial charge in [-0.1, -0.05) is 18.9 Å². The lowest BCUT2D eigenvalue weighted by molar-refractivity contribution is -0.128. The van der Waals surface area contributed by atoms with E-state index in [2.05, 4.69) is 4.74 Å². The fraction of sp³-hybridized carbons (Fsp3) is 0.500. The molecule has 0 radical (unpaired) electrons. The number of sulfonamides is 1. The molecule has 0 saturated carbocycles. The van der Waals surface area contributed by atoms with E-state index in [9.17, 15) is 22.8 Å². The summed E-state index contributed by atoms with van der Waals surface area (Å²) in [6.45, 7) is 2.18. The Hall–Kier alpha value is -2.46. The number of alkyl carbamates (subject to hydrolysis) is 1. The number of carbonyl (C=O) groups is 3. The molecule has 0 bridgehead atoms. The number of nitrogens with one attached hydrogen (secondary N) is 1. The lowest BCUT2D eigenvalue weighted by Crippen LogP contribution is -2.39. The van der Waals surface area contributed by atoms with Gasteiger partial charge in [-0.2, -0.15) is 4.31 Å². The largest absolute Gasteiger partial charge is 0.453 e. The number of ether oxygens (including phenoxy) is 2. The van der Waals surface area contributed by atoms with Crippen molar-refractivity contribution in [2.24, 2.45) is 0 Å². The Bertz CT molecular complexity index is 830. The minimum Gasteiger partial charge on any atom is -0.453 e. The first kappa shape index (κ1) is 21.8. The molecule has 1 aliphatic heterocycles. The number of rotatable bonds is 5. The van der Waals surface area contributed by atoms with Gasteiger partial charge in [0.05, 0.1) is 17.6 Å². The van der Waals surface area contributed by atoms with E-state index in [1.54, 1.807) is 0 Å². The molecular weight excluding hydrogens is 388 g/mol. The minimum atomic E-state index is -3.72. The molecule has 0 spiro atoms. The summed E-state index contributed by atoms with van der Waals surface area (Å²) in [5.74, 6) is -1.73. The van der Waals surface area contributed by atoms with Crippen molar-refractivity contribution in [3.63, 3.8) is 0 Å². The molecule has 2 amide bonds. The van der Waals surface area contributed by atoms with Crippen LogP contribution in [0.3, 0.4) is 0 Å². The molecule has 1 N–H and O–H groups in total. The number of carbonyl (C=O) groups excluding carboxylic acids is 3. The van der Waals surface area contributed by atoms with Crippen LogP contribution in [0.2, 0.25) is 0 Å². The summed E-state index contributed by atoms with van der Waals surface area (Å²) < 4.78 is 36.5. The second-order valence-electron chi connectivity index (χ2n) is 6.37. The van der Waals surface area contributed by atoms with Crippen molar-refractivity contribution < 1.29 is 32.3 Å². The zero-order valence-electron chi connectivity index (χ0n) is 15.8. The number of methoxy groups -OCH3 is 1. The third-order valence-corrected chi connectivity index (χ3v) is 6.23. The molecule has 2 rings (SSSR count). The summed E-state index contributed by atoms with van der Waals surface area (Å²) in [5, 5.41) is 1.89. The molecule has 1 atom stereocenters. The highest BCUT2D eigenvalue weighted by molar-refractivity contribution is 7.89. The standard InChI is InChI=1S/C18H24N2O7S/c1-13(16(21)19-18(23)26-2)27-17(22)14-8-7-9-15(12-14)28(24,25)20-10-5-3-4-6-11-20/h7-9,12-13H,3-6,10-11H2,1-2H3,(H,19,21,23)/t13-/m1/s1. The Morgan fingerprint density at radius 3 is 2.36 bits per heavy atom. The third-order valence-electron chi connectivity index (χ3n) is 4.34. The lowest BCUT2D eigenvalue weighted by Gasteiger charge is -2.20. The monoisotopic (exact) mass is 412 g/mol. The average molecular weight is 412 g/mol. The van der Waals surface area contributed by atoms with E-state index in [1.165, 1.54) is 35.5 Å².